The number of anilines is 1. The SMILES string of the molecule is CCCC(=O)Nc1cc(SC(C)C(=O)OCC(C)C)c(F)cc1F. The monoisotopic (exact) mass is 359 g/mol. The van der Waals surface area contributed by atoms with E-state index in [9.17, 15) is 18.4 Å². The largest absolute Gasteiger partial charge is 0.465 e. The Morgan fingerprint density at radius 3 is 2.46 bits per heavy atom. The fourth-order valence-corrected chi connectivity index (χ4v) is 2.66. The van der Waals surface area contributed by atoms with Crippen molar-refractivity contribution in [1.82, 2.24) is 0 Å². The van der Waals surface area contributed by atoms with Crippen LogP contribution in [0.4, 0.5) is 14.5 Å². The number of halogens is 2. The van der Waals surface area contributed by atoms with Crippen LogP contribution in [0.3, 0.4) is 0 Å². The van der Waals surface area contributed by atoms with Gasteiger partial charge in [0.1, 0.15) is 16.9 Å². The number of thioether (sulfide) groups is 1. The Kier molecular flexibility index (Phi) is 8.18. The lowest BCUT2D eigenvalue weighted by Crippen LogP contribution is -2.19. The molecule has 0 radical (unpaired) electrons. The quantitative estimate of drug-likeness (QED) is 0.553. The first-order chi connectivity index (χ1) is 11.2. The van der Waals surface area contributed by atoms with Crippen molar-refractivity contribution in [3.63, 3.8) is 0 Å². The number of benzene rings is 1. The summed E-state index contributed by atoms with van der Waals surface area (Å²) in [5.41, 5.74) is -0.0971. The molecule has 0 saturated carbocycles. The van der Waals surface area contributed by atoms with Crippen LogP contribution >= 0.6 is 11.8 Å². The Hall–Kier alpha value is -1.63. The molecule has 1 rings (SSSR count). The zero-order chi connectivity index (χ0) is 18.3. The lowest BCUT2D eigenvalue weighted by Gasteiger charge is -2.14. The highest BCUT2D eigenvalue weighted by atomic mass is 32.2. The van der Waals surface area contributed by atoms with E-state index in [1.807, 2.05) is 20.8 Å². The van der Waals surface area contributed by atoms with Crippen molar-refractivity contribution in [1.29, 1.82) is 0 Å². The van der Waals surface area contributed by atoms with Crippen LogP contribution in [0, 0.1) is 17.6 Å². The summed E-state index contributed by atoms with van der Waals surface area (Å²) in [6.45, 7) is 7.53. The molecule has 0 aliphatic heterocycles. The maximum Gasteiger partial charge on any atom is 0.319 e. The number of nitrogens with one attached hydrogen (secondary N) is 1. The molecule has 0 fully saturated rings. The summed E-state index contributed by atoms with van der Waals surface area (Å²) in [5.74, 6) is -2.24. The van der Waals surface area contributed by atoms with Gasteiger partial charge in [-0.2, -0.15) is 0 Å². The van der Waals surface area contributed by atoms with Gasteiger partial charge >= 0.3 is 5.97 Å². The Labute approximate surface area is 145 Å². The van der Waals surface area contributed by atoms with Gasteiger partial charge in [-0.3, -0.25) is 9.59 Å². The minimum atomic E-state index is -0.851. The number of hydrogen-bond acceptors (Lipinski definition) is 4. The molecule has 0 saturated heterocycles. The molecule has 0 heterocycles. The van der Waals surface area contributed by atoms with E-state index < -0.39 is 22.9 Å². The van der Waals surface area contributed by atoms with Crippen molar-refractivity contribution in [2.75, 3.05) is 11.9 Å². The number of amides is 1. The smallest absolute Gasteiger partial charge is 0.319 e. The third kappa shape index (κ3) is 6.47. The molecule has 0 spiro atoms. The van der Waals surface area contributed by atoms with E-state index in [0.29, 0.717) is 12.5 Å². The third-order valence-electron chi connectivity index (χ3n) is 2.97. The van der Waals surface area contributed by atoms with E-state index in [2.05, 4.69) is 5.32 Å². The summed E-state index contributed by atoms with van der Waals surface area (Å²) in [4.78, 5) is 23.5. The summed E-state index contributed by atoms with van der Waals surface area (Å²) in [5, 5.41) is 1.76. The van der Waals surface area contributed by atoms with Crippen LogP contribution in [0.25, 0.3) is 0 Å². The fourth-order valence-electron chi connectivity index (χ4n) is 1.76. The number of rotatable bonds is 8. The minimum absolute atomic E-state index is 0.0807. The van der Waals surface area contributed by atoms with Crippen molar-refractivity contribution in [2.24, 2.45) is 5.92 Å². The molecule has 0 bridgehead atoms. The van der Waals surface area contributed by atoms with Crippen LogP contribution in [0.5, 0.6) is 0 Å². The van der Waals surface area contributed by atoms with Gasteiger partial charge < -0.3 is 10.1 Å². The fraction of sp³-hybridized carbons (Fsp3) is 0.529. The van der Waals surface area contributed by atoms with Crippen LogP contribution in [0.15, 0.2) is 17.0 Å². The van der Waals surface area contributed by atoms with E-state index in [4.69, 9.17) is 4.74 Å². The van der Waals surface area contributed by atoms with Crippen molar-refractivity contribution >= 4 is 29.3 Å². The average molecular weight is 359 g/mol. The minimum Gasteiger partial charge on any atom is -0.465 e. The van der Waals surface area contributed by atoms with Crippen LogP contribution in [-0.2, 0) is 14.3 Å². The number of carbonyl (C=O) groups is 2. The first kappa shape index (κ1) is 20.4. The van der Waals surface area contributed by atoms with E-state index >= 15 is 0 Å². The molecule has 1 amide bonds. The van der Waals surface area contributed by atoms with Gasteiger partial charge in [-0.25, -0.2) is 8.78 Å². The van der Waals surface area contributed by atoms with Gasteiger partial charge in [-0.15, -0.1) is 11.8 Å². The van der Waals surface area contributed by atoms with E-state index in [-0.39, 0.29) is 35.4 Å². The average Bonchev–Trinajstić information content (AvgIpc) is 2.49. The van der Waals surface area contributed by atoms with Gasteiger partial charge in [0.15, 0.2) is 0 Å². The highest BCUT2D eigenvalue weighted by Gasteiger charge is 2.20. The molecule has 0 aliphatic carbocycles. The van der Waals surface area contributed by atoms with Crippen molar-refractivity contribution in [2.45, 2.75) is 50.7 Å². The first-order valence-corrected chi connectivity index (χ1v) is 8.74. The molecule has 24 heavy (non-hydrogen) atoms. The standard InChI is InChI=1S/C17H23F2NO3S/c1-5-6-16(21)20-14-8-15(13(19)7-12(14)18)24-11(4)17(22)23-9-10(2)3/h7-8,10-11H,5-6,9H2,1-4H3,(H,20,21). The number of esters is 1. The van der Waals surface area contributed by atoms with E-state index in [0.717, 1.165) is 11.8 Å². The summed E-state index contributed by atoms with van der Waals surface area (Å²) >= 11 is 0.926. The summed E-state index contributed by atoms with van der Waals surface area (Å²) in [7, 11) is 0. The summed E-state index contributed by atoms with van der Waals surface area (Å²) in [6.07, 6.45) is 0.867. The molecule has 1 unspecified atom stereocenters. The van der Waals surface area contributed by atoms with Gasteiger partial charge in [-0.1, -0.05) is 20.8 Å². The predicted molar refractivity (Wildman–Crippen MR) is 91.0 cm³/mol. The Morgan fingerprint density at radius 1 is 1.21 bits per heavy atom. The number of carbonyl (C=O) groups excluding carboxylic acids is 2. The molecule has 4 nitrogen and oxygen atoms in total. The topological polar surface area (TPSA) is 55.4 Å². The number of hydrogen-bond donors (Lipinski definition) is 1. The number of ether oxygens (including phenoxy) is 1. The third-order valence-corrected chi connectivity index (χ3v) is 4.08. The van der Waals surface area contributed by atoms with Gasteiger partial charge in [0, 0.05) is 17.4 Å². The molecule has 1 aromatic carbocycles. The maximum absolute atomic E-state index is 13.9. The molecule has 0 aliphatic rings. The van der Waals surface area contributed by atoms with Crippen LogP contribution in [0.2, 0.25) is 0 Å². The van der Waals surface area contributed by atoms with Gasteiger partial charge in [0.25, 0.3) is 0 Å². The second kappa shape index (κ2) is 9.61. The van der Waals surface area contributed by atoms with E-state index in [1.165, 1.54) is 6.07 Å². The second-order valence-corrected chi connectivity index (χ2v) is 7.23. The summed E-state index contributed by atoms with van der Waals surface area (Å²) < 4.78 is 32.8. The molecular weight excluding hydrogens is 336 g/mol. The highest BCUT2D eigenvalue weighted by molar-refractivity contribution is 8.00. The zero-order valence-electron chi connectivity index (χ0n) is 14.3. The molecule has 134 valence electrons. The van der Waals surface area contributed by atoms with Crippen molar-refractivity contribution < 1.29 is 23.1 Å². The van der Waals surface area contributed by atoms with Crippen LogP contribution in [-0.4, -0.2) is 23.7 Å². The second-order valence-electron chi connectivity index (χ2n) is 5.84. The molecule has 0 aromatic heterocycles. The Balaban J connectivity index is 2.83. The zero-order valence-corrected chi connectivity index (χ0v) is 15.1. The van der Waals surface area contributed by atoms with Crippen molar-refractivity contribution in [3.8, 4) is 0 Å². The van der Waals surface area contributed by atoms with Gasteiger partial charge in [0.2, 0.25) is 5.91 Å². The Morgan fingerprint density at radius 2 is 1.88 bits per heavy atom. The lowest BCUT2D eigenvalue weighted by molar-refractivity contribution is -0.143. The maximum atomic E-state index is 13.9. The van der Waals surface area contributed by atoms with E-state index in [1.54, 1.807) is 6.92 Å². The van der Waals surface area contributed by atoms with Crippen molar-refractivity contribution in [3.05, 3.63) is 23.8 Å². The Bertz CT molecular complexity index is 593. The van der Waals surface area contributed by atoms with Gasteiger partial charge in [0.05, 0.1) is 12.3 Å². The molecular formula is C17H23F2NO3S. The first-order valence-electron chi connectivity index (χ1n) is 7.86. The molecule has 7 heteroatoms. The lowest BCUT2D eigenvalue weighted by atomic mass is 10.2. The summed E-state index contributed by atoms with van der Waals surface area (Å²) in [6, 6.07) is 1.91. The van der Waals surface area contributed by atoms with Crippen LogP contribution in [0.1, 0.15) is 40.5 Å². The normalized spacial score (nSPS) is 12.1. The highest BCUT2D eigenvalue weighted by Crippen LogP contribution is 2.31. The molecule has 1 atom stereocenters. The van der Waals surface area contributed by atoms with Gasteiger partial charge in [-0.05, 0) is 25.3 Å². The molecule has 1 aromatic rings. The van der Waals surface area contributed by atoms with Crippen LogP contribution < -0.4 is 5.32 Å². The predicted octanol–water partition coefficient (Wildman–Crippen LogP) is 4.38. The molecule has 1 N–H and O–H groups in total.